The van der Waals surface area contributed by atoms with Gasteiger partial charge in [0.05, 0.1) is 6.54 Å². The van der Waals surface area contributed by atoms with E-state index >= 15 is 0 Å². The Bertz CT molecular complexity index is 427. The molecule has 0 bridgehead atoms. The number of aromatic nitrogens is 2. The van der Waals surface area contributed by atoms with Crippen LogP contribution in [0, 0.1) is 0 Å². The molecule has 20 heavy (non-hydrogen) atoms. The van der Waals surface area contributed by atoms with Crippen LogP contribution < -0.4 is 5.32 Å². The molecule has 7 heteroatoms. The lowest BCUT2D eigenvalue weighted by Crippen LogP contribution is -2.49. The monoisotopic (exact) mass is 282 g/mol. The minimum atomic E-state index is -0.456. The van der Waals surface area contributed by atoms with Crippen LogP contribution in [0.3, 0.4) is 0 Å². The van der Waals surface area contributed by atoms with Crippen LogP contribution in [0.15, 0.2) is 10.9 Å². The first-order valence-electron chi connectivity index (χ1n) is 6.90. The van der Waals surface area contributed by atoms with Crippen molar-refractivity contribution in [2.45, 2.75) is 51.8 Å². The largest absolute Gasteiger partial charge is 0.444 e. The Hall–Kier alpha value is -1.63. The maximum atomic E-state index is 12.0. The number of likely N-dealkylation sites (tertiary alicyclic amines) is 1. The molecule has 1 unspecified atom stereocenters. The van der Waals surface area contributed by atoms with Crippen molar-refractivity contribution in [1.82, 2.24) is 20.4 Å². The molecule has 1 aliphatic rings. The van der Waals surface area contributed by atoms with Crippen LogP contribution >= 0.6 is 0 Å². The summed E-state index contributed by atoms with van der Waals surface area (Å²) in [5.74, 6) is 0.624. The second kappa shape index (κ2) is 6.21. The van der Waals surface area contributed by atoms with Gasteiger partial charge in [-0.2, -0.15) is 4.98 Å². The van der Waals surface area contributed by atoms with Gasteiger partial charge < -0.3 is 19.5 Å². The van der Waals surface area contributed by atoms with Gasteiger partial charge in [-0.25, -0.2) is 4.79 Å². The maximum Gasteiger partial charge on any atom is 0.410 e. The van der Waals surface area contributed by atoms with E-state index in [0.717, 1.165) is 19.4 Å². The number of carbonyl (C=O) groups excluding carboxylic acids is 1. The number of amides is 1. The van der Waals surface area contributed by atoms with Crippen LogP contribution in [0.2, 0.25) is 0 Å². The molecule has 7 nitrogen and oxygen atoms in total. The highest BCUT2D eigenvalue weighted by atomic mass is 16.6. The van der Waals surface area contributed by atoms with Gasteiger partial charge in [0.15, 0.2) is 5.82 Å². The third kappa shape index (κ3) is 4.48. The average Bonchev–Trinajstić information content (AvgIpc) is 2.88. The highest BCUT2D eigenvalue weighted by Crippen LogP contribution is 2.15. The summed E-state index contributed by atoms with van der Waals surface area (Å²) in [5.41, 5.74) is -0.456. The second-order valence-corrected chi connectivity index (χ2v) is 5.99. The van der Waals surface area contributed by atoms with Crippen LogP contribution in [-0.4, -0.2) is 45.9 Å². The predicted octanol–water partition coefficient (Wildman–Crippen LogP) is 1.56. The summed E-state index contributed by atoms with van der Waals surface area (Å²) in [7, 11) is 0. The Morgan fingerprint density at radius 3 is 3.05 bits per heavy atom. The zero-order chi connectivity index (χ0) is 14.6. The minimum Gasteiger partial charge on any atom is -0.444 e. The number of piperidine rings is 1. The standard InChI is InChI=1S/C13H22N4O3/c1-13(2,3)20-12(18)17-6-4-5-10(8-17)14-7-11-15-9-19-16-11/h9-10,14H,4-8H2,1-3H3. The third-order valence-electron chi connectivity index (χ3n) is 3.03. The summed E-state index contributed by atoms with van der Waals surface area (Å²) in [6.45, 7) is 7.56. The summed E-state index contributed by atoms with van der Waals surface area (Å²) >= 11 is 0. The summed E-state index contributed by atoms with van der Waals surface area (Å²) in [4.78, 5) is 17.7. The number of ether oxygens (including phenoxy) is 1. The lowest BCUT2D eigenvalue weighted by Gasteiger charge is -2.34. The van der Waals surface area contributed by atoms with Gasteiger partial charge in [0.1, 0.15) is 5.60 Å². The third-order valence-corrected chi connectivity index (χ3v) is 3.03. The molecule has 1 saturated heterocycles. The Morgan fingerprint density at radius 1 is 1.60 bits per heavy atom. The van der Waals surface area contributed by atoms with E-state index in [0.29, 0.717) is 18.9 Å². The lowest BCUT2D eigenvalue weighted by molar-refractivity contribution is 0.0187. The summed E-state index contributed by atoms with van der Waals surface area (Å²) < 4.78 is 10.1. The summed E-state index contributed by atoms with van der Waals surface area (Å²) in [5, 5.41) is 7.09. The van der Waals surface area contributed by atoms with Gasteiger partial charge in [0.2, 0.25) is 6.39 Å². The molecule has 0 spiro atoms. The van der Waals surface area contributed by atoms with E-state index in [9.17, 15) is 4.79 Å². The molecule has 0 radical (unpaired) electrons. The van der Waals surface area contributed by atoms with Crippen molar-refractivity contribution >= 4 is 6.09 Å². The second-order valence-electron chi connectivity index (χ2n) is 5.99. The molecule has 112 valence electrons. The molecule has 1 aromatic rings. The van der Waals surface area contributed by atoms with Crippen LogP contribution in [-0.2, 0) is 11.3 Å². The number of nitrogens with one attached hydrogen (secondary N) is 1. The zero-order valence-corrected chi connectivity index (χ0v) is 12.3. The zero-order valence-electron chi connectivity index (χ0n) is 12.3. The van der Waals surface area contributed by atoms with Crippen LogP contribution in [0.4, 0.5) is 4.79 Å². The smallest absolute Gasteiger partial charge is 0.410 e. The van der Waals surface area contributed by atoms with E-state index in [2.05, 4.69) is 20.0 Å². The lowest BCUT2D eigenvalue weighted by atomic mass is 10.1. The summed E-state index contributed by atoms with van der Waals surface area (Å²) in [6, 6.07) is 0.231. The molecular weight excluding hydrogens is 260 g/mol. The fraction of sp³-hybridized carbons (Fsp3) is 0.769. The van der Waals surface area contributed by atoms with E-state index in [1.165, 1.54) is 6.39 Å². The fourth-order valence-electron chi connectivity index (χ4n) is 2.14. The van der Waals surface area contributed by atoms with Gasteiger partial charge in [-0.3, -0.25) is 0 Å². The number of carbonyl (C=O) groups is 1. The van der Waals surface area contributed by atoms with Crippen LogP contribution in [0.1, 0.15) is 39.4 Å². The average molecular weight is 282 g/mol. The summed E-state index contributed by atoms with van der Waals surface area (Å²) in [6.07, 6.45) is 3.05. The van der Waals surface area contributed by atoms with E-state index in [1.54, 1.807) is 4.90 Å². The topological polar surface area (TPSA) is 80.5 Å². The quantitative estimate of drug-likeness (QED) is 0.906. The molecule has 0 saturated carbocycles. The SMILES string of the molecule is CC(C)(C)OC(=O)N1CCCC(NCc2ncon2)C1. The fourth-order valence-corrected chi connectivity index (χ4v) is 2.14. The van der Waals surface area contributed by atoms with E-state index in [4.69, 9.17) is 4.74 Å². The van der Waals surface area contributed by atoms with Crippen molar-refractivity contribution in [3.63, 3.8) is 0 Å². The van der Waals surface area contributed by atoms with E-state index in [1.807, 2.05) is 20.8 Å². The van der Waals surface area contributed by atoms with Crippen molar-refractivity contribution in [2.24, 2.45) is 0 Å². The first-order valence-corrected chi connectivity index (χ1v) is 6.90. The molecule has 1 amide bonds. The molecule has 1 aromatic heterocycles. The van der Waals surface area contributed by atoms with Gasteiger partial charge in [-0.1, -0.05) is 5.16 Å². The normalized spacial score (nSPS) is 19.9. The number of rotatable bonds is 3. The van der Waals surface area contributed by atoms with Crippen LogP contribution in [0.25, 0.3) is 0 Å². The van der Waals surface area contributed by atoms with Crippen LogP contribution in [0.5, 0.6) is 0 Å². The molecule has 1 atom stereocenters. The highest BCUT2D eigenvalue weighted by Gasteiger charge is 2.27. The first kappa shape index (κ1) is 14.8. The number of hydrogen-bond acceptors (Lipinski definition) is 6. The van der Waals surface area contributed by atoms with Gasteiger partial charge >= 0.3 is 6.09 Å². The van der Waals surface area contributed by atoms with Crippen molar-refractivity contribution in [1.29, 1.82) is 0 Å². The Kier molecular flexibility index (Phi) is 4.59. The maximum absolute atomic E-state index is 12.0. The Morgan fingerprint density at radius 2 is 2.40 bits per heavy atom. The molecule has 2 heterocycles. The van der Waals surface area contributed by atoms with Crippen molar-refractivity contribution < 1.29 is 14.1 Å². The first-order chi connectivity index (χ1) is 9.44. The highest BCUT2D eigenvalue weighted by molar-refractivity contribution is 5.68. The molecular formula is C13H22N4O3. The minimum absolute atomic E-state index is 0.231. The molecule has 0 aromatic carbocycles. The number of hydrogen-bond donors (Lipinski definition) is 1. The molecule has 1 fully saturated rings. The van der Waals surface area contributed by atoms with Crippen molar-refractivity contribution in [2.75, 3.05) is 13.1 Å². The van der Waals surface area contributed by atoms with Gasteiger partial charge in [0.25, 0.3) is 0 Å². The predicted molar refractivity (Wildman–Crippen MR) is 72.0 cm³/mol. The molecule has 2 rings (SSSR count). The van der Waals surface area contributed by atoms with Crippen molar-refractivity contribution in [3.8, 4) is 0 Å². The Balaban J connectivity index is 1.80. The van der Waals surface area contributed by atoms with E-state index in [-0.39, 0.29) is 12.1 Å². The molecule has 0 aliphatic carbocycles. The number of nitrogens with zero attached hydrogens (tertiary/aromatic N) is 3. The van der Waals surface area contributed by atoms with E-state index < -0.39 is 5.60 Å². The van der Waals surface area contributed by atoms with Crippen molar-refractivity contribution in [3.05, 3.63) is 12.2 Å². The van der Waals surface area contributed by atoms with Gasteiger partial charge in [-0.05, 0) is 33.6 Å². The molecule has 1 aliphatic heterocycles. The Labute approximate surface area is 118 Å². The molecule has 1 N–H and O–H groups in total. The van der Waals surface area contributed by atoms with Gasteiger partial charge in [0, 0.05) is 19.1 Å². The van der Waals surface area contributed by atoms with Gasteiger partial charge in [-0.15, -0.1) is 0 Å².